The zero-order valence-corrected chi connectivity index (χ0v) is 19.1. The van der Waals surface area contributed by atoms with Gasteiger partial charge in [-0.05, 0) is 27.0 Å². The lowest BCUT2D eigenvalue weighted by Gasteiger charge is -2.44. The highest BCUT2D eigenvalue weighted by molar-refractivity contribution is 8.04. The van der Waals surface area contributed by atoms with E-state index in [1.54, 1.807) is 58.8 Å². The van der Waals surface area contributed by atoms with Crippen LogP contribution in [0, 0.1) is 0 Å². The molecule has 8 nitrogen and oxygen atoms in total. The van der Waals surface area contributed by atoms with Crippen molar-refractivity contribution in [3.05, 3.63) is 58.0 Å². The molecule has 154 valence electrons. The van der Waals surface area contributed by atoms with Crippen LogP contribution in [0.1, 0.15) is 0 Å². The summed E-state index contributed by atoms with van der Waals surface area (Å²) in [7, 11) is 0. The van der Waals surface area contributed by atoms with Crippen molar-refractivity contribution >= 4 is 64.8 Å². The molecule has 0 radical (unpaired) electrons. The van der Waals surface area contributed by atoms with Gasteiger partial charge >= 0.3 is 0 Å². The first kappa shape index (κ1) is 19.7. The summed E-state index contributed by atoms with van der Waals surface area (Å²) in [5, 5.41) is 27.6. The van der Waals surface area contributed by atoms with Gasteiger partial charge in [0.05, 0.1) is 0 Å². The first-order chi connectivity index (χ1) is 14.4. The number of hydrogen-bond acceptors (Lipinski definition) is 11. The van der Waals surface area contributed by atoms with E-state index in [-0.39, 0.29) is 27.5 Å². The minimum Gasteiger partial charge on any atom is -0.362 e. The third-order valence-corrected chi connectivity index (χ3v) is 8.73. The Kier molecular flexibility index (Phi) is 6.27. The van der Waals surface area contributed by atoms with Crippen LogP contribution in [0.25, 0.3) is 0 Å². The van der Waals surface area contributed by atoms with Crippen molar-refractivity contribution in [3.8, 4) is 0 Å². The highest BCUT2D eigenvalue weighted by Gasteiger charge is 2.41. The highest BCUT2D eigenvalue weighted by atomic mass is 32.2. The van der Waals surface area contributed by atoms with Gasteiger partial charge in [0.1, 0.15) is 0 Å². The minimum atomic E-state index is -0.0625. The van der Waals surface area contributed by atoms with Gasteiger partial charge in [0.25, 0.3) is 0 Å². The van der Waals surface area contributed by atoms with Crippen molar-refractivity contribution in [2.45, 2.75) is 27.5 Å². The van der Waals surface area contributed by atoms with Gasteiger partial charge in [-0.2, -0.15) is 0 Å². The lowest BCUT2D eigenvalue weighted by atomic mass is 10.5. The number of thioether (sulfide) groups is 5. The SMILES string of the molecule is C1=CSC(N=C(N(C2NC=CS2)C2NC=CS2)N(C2NC=CS2)C2NC=CS2)N1. The first-order valence-corrected chi connectivity index (χ1v) is 13.6. The molecule has 5 unspecified atom stereocenters. The van der Waals surface area contributed by atoms with Crippen molar-refractivity contribution in [1.29, 1.82) is 0 Å². The Morgan fingerprint density at radius 3 is 1.24 bits per heavy atom. The minimum absolute atomic E-state index is 0.0410. The molecule has 0 spiro atoms. The van der Waals surface area contributed by atoms with Crippen LogP contribution in [0.4, 0.5) is 0 Å². The second kappa shape index (κ2) is 9.25. The molecule has 5 atom stereocenters. The molecule has 5 aliphatic heterocycles. The summed E-state index contributed by atoms with van der Waals surface area (Å²) < 4.78 is 0. The first-order valence-electron chi connectivity index (χ1n) is 8.87. The van der Waals surface area contributed by atoms with Crippen molar-refractivity contribution in [3.63, 3.8) is 0 Å². The average Bonchev–Trinajstić information content (AvgIpc) is 3.56. The molecule has 0 bridgehead atoms. The van der Waals surface area contributed by atoms with Crippen LogP contribution >= 0.6 is 58.8 Å². The van der Waals surface area contributed by atoms with Gasteiger partial charge in [-0.1, -0.05) is 58.8 Å². The molecule has 5 N–H and O–H groups in total. The quantitative estimate of drug-likeness (QED) is 0.294. The number of guanidine groups is 1. The van der Waals surface area contributed by atoms with E-state index in [0.717, 1.165) is 5.96 Å². The fourth-order valence-electron chi connectivity index (χ4n) is 3.06. The molecule has 5 aliphatic rings. The fourth-order valence-corrected chi connectivity index (χ4v) is 7.07. The Hall–Kier alpha value is -1.28. The van der Waals surface area contributed by atoms with E-state index >= 15 is 0 Å². The smallest absolute Gasteiger partial charge is 0.208 e. The van der Waals surface area contributed by atoms with Crippen molar-refractivity contribution < 1.29 is 0 Å². The highest BCUT2D eigenvalue weighted by Crippen LogP contribution is 2.35. The topological polar surface area (TPSA) is 79.0 Å². The van der Waals surface area contributed by atoms with E-state index in [9.17, 15) is 0 Å². The zero-order chi connectivity index (χ0) is 19.5. The van der Waals surface area contributed by atoms with Gasteiger partial charge in [0.2, 0.25) is 5.96 Å². The summed E-state index contributed by atoms with van der Waals surface area (Å²) in [6, 6.07) is 0. The lowest BCUT2D eigenvalue weighted by Crippen LogP contribution is -2.63. The number of aliphatic imine (C=N–C) groups is 1. The Morgan fingerprint density at radius 2 is 0.931 bits per heavy atom. The molecule has 0 aromatic carbocycles. The monoisotopic (exact) mass is 484 g/mol. The third kappa shape index (κ3) is 4.29. The van der Waals surface area contributed by atoms with E-state index in [1.807, 2.05) is 36.4 Å². The summed E-state index contributed by atoms with van der Waals surface area (Å²) in [5.74, 6) is 0.906. The summed E-state index contributed by atoms with van der Waals surface area (Å²) in [6.45, 7) is 0. The van der Waals surface area contributed by atoms with E-state index in [0.29, 0.717) is 0 Å². The Bertz CT molecular complexity index is 649. The molecule has 5 heterocycles. The van der Waals surface area contributed by atoms with Crippen molar-refractivity contribution in [2.75, 3.05) is 0 Å². The number of nitrogens with zero attached hydrogens (tertiary/aromatic N) is 3. The summed E-state index contributed by atoms with van der Waals surface area (Å²) >= 11 is 8.64. The Balaban J connectivity index is 1.52. The van der Waals surface area contributed by atoms with Crippen LogP contribution in [0.2, 0.25) is 0 Å². The van der Waals surface area contributed by atoms with Crippen molar-refractivity contribution in [1.82, 2.24) is 36.4 Å². The molecule has 29 heavy (non-hydrogen) atoms. The maximum atomic E-state index is 5.19. The average molecular weight is 485 g/mol. The molecule has 0 aromatic heterocycles. The van der Waals surface area contributed by atoms with Gasteiger partial charge in [0.15, 0.2) is 27.5 Å². The molecule has 5 rings (SSSR count). The molecular formula is C16H20N8S5. The van der Waals surface area contributed by atoms with Gasteiger partial charge in [-0.15, -0.1) is 0 Å². The molecule has 0 saturated heterocycles. The van der Waals surface area contributed by atoms with Crippen LogP contribution in [0.3, 0.4) is 0 Å². The standard InChI is InChI=1S/C16H20N8S5/c1-6-25-11(17-1)22-12(23(13-18-2-7-26-13)14-19-3-8-27-14)24(15-20-4-9-28-15)16-21-5-10-29-16/h1-11,13-21H. The van der Waals surface area contributed by atoms with Crippen LogP contribution < -0.4 is 26.6 Å². The second-order valence-electron chi connectivity index (χ2n) is 6.03. The number of nitrogens with one attached hydrogen (secondary N) is 5. The van der Waals surface area contributed by atoms with E-state index in [2.05, 4.69) is 58.0 Å². The summed E-state index contributed by atoms with van der Waals surface area (Å²) in [5.41, 5.74) is 0.101. The molecule has 0 aliphatic carbocycles. The van der Waals surface area contributed by atoms with E-state index in [1.165, 1.54) is 0 Å². The predicted molar refractivity (Wildman–Crippen MR) is 129 cm³/mol. The number of hydrogen-bond donors (Lipinski definition) is 5. The molecule has 0 aromatic rings. The molecular weight excluding hydrogens is 465 g/mol. The van der Waals surface area contributed by atoms with E-state index in [4.69, 9.17) is 4.99 Å². The van der Waals surface area contributed by atoms with Gasteiger partial charge < -0.3 is 26.6 Å². The third-order valence-electron chi connectivity index (χ3n) is 4.28. The van der Waals surface area contributed by atoms with Crippen LogP contribution in [-0.4, -0.2) is 43.2 Å². The molecule has 0 amide bonds. The normalized spacial score (nSPS) is 33.2. The predicted octanol–water partition coefficient (Wildman–Crippen LogP) is 2.40. The molecule has 0 saturated carbocycles. The fraction of sp³-hybridized carbons (Fsp3) is 0.312. The Morgan fingerprint density at radius 1 is 0.552 bits per heavy atom. The second-order valence-corrected chi connectivity index (χ2v) is 11.0. The summed E-state index contributed by atoms with van der Waals surface area (Å²) in [4.78, 5) is 9.82. The number of rotatable bonds is 5. The van der Waals surface area contributed by atoms with Gasteiger partial charge in [0, 0.05) is 31.0 Å². The Labute approximate surface area is 191 Å². The maximum absolute atomic E-state index is 5.19. The molecule has 0 fully saturated rings. The maximum Gasteiger partial charge on any atom is 0.208 e. The van der Waals surface area contributed by atoms with Crippen LogP contribution in [0.15, 0.2) is 63.0 Å². The van der Waals surface area contributed by atoms with Crippen molar-refractivity contribution in [2.24, 2.45) is 4.99 Å². The van der Waals surface area contributed by atoms with Crippen LogP contribution in [-0.2, 0) is 0 Å². The summed E-state index contributed by atoms with van der Waals surface area (Å²) in [6.07, 6.45) is 9.94. The van der Waals surface area contributed by atoms with Crippen LogP contribution in [0.5, 0.6) is 0 Å². The van der Waals surface area contributed by atoms with Gasteiger partial charge in [-0.3, -0.25) is 9.80 Å². The lowest BCUT2D eigenvalue weighted by molar-refractivity contribution is 0.242. The largest absolute Gasteiger partial charge is 0.362 e. The molecule has 13 heteroatoms. The zero-order valence-electron chi connectivity index (χ0n) is 15.0. The van der Waals surface area contributed by atoms with E-state index < -0.39 is 0 Å². The van der Waals surface area contributed by atoms with Gasteiger partial charge in [-0.25, -0.2) is 4.99 Å².